The summed E-state index contributed by atoms with van der Waals surface area (Å²) in [6.45, 7) is 4.72. The fraction of sp³-hybridized carbons (Fsp3) is 0.500. The first-order chi connectivity index (χ1) is 8.92. The molecule has 1 aromatic rings. The molecule has 0 saturated carbocycles. The maximum Gasteiger partial charge on any atom is 0.224 e. The van der Waals surface area contributed by atoms with E-state index in [-0.39, 0.29) is 17.6 Å². The predicted molar refractivity (Wildman–Crippen MR) is 81.1 cm³/mol. The smallest absolute Gasteiger partial charge is 0.224 e. The molecule has 1 unspecified atom stereocenters. The van der Waals surface area contributed by atoms with E-state index in [0.29, 0.717) is 24.6 Å². The van der Waals surface area contributed by atoms with Gasteiger partial charge in [-0.1, -0.05) is 29.8 Å². The normalized spacial score (nSPS) is 12.5. The fourth-order valence-corrected chi connectivity index (χ4v) is 2.36. The molecule has 1 rings (SSSR count). The average molecular weight is 329 g/mol. The van der Waals surface area contributed by atoms with Crippen LogP contribution in [0.5, 0.6) is 5.75 Å². The molecule has 1 amide bonds. The summed E-state index contributed by atoms with van der Waals surface area (Å²) < 4.78 is 0.804. The van der Waals surface area contributed by atoms with Crippen LogP contribution in [0, 0.1) is 11.8 Å². The third kappa shape index (κ3) is 5.61. The standard InChI is InChI=1S/C14H21BrN2O2/c1-9(2)5-10(8-16)6-14(19)17-12-7-11(15)3-4-13(12)18/h3-4,7,9-10,18H,5-6,8,16H2,1-2H3,(H,17,19). The number of hydrogen-bond donors (Lipinski definition) is 3. The van der Waals surface area contributed by atoms with Crippen molar-refractivity contribution in [2.24, 2.45) is 17.6 Å². The highest BCUT2D eigenvalue weighted by Crippen LogP contribution is 2.27. The molecular formula is C14H21BrN2O2. The highest BCUT2D eigenvalue weighted by atomic mass is 79.9. The summed E-state index contributed by atoms with van der Waals surface area (Å²) in [5, 5.41) is 12.4. The lowest BCUT2D eigenvalue weighted by Gasteiger charge is -2.17. The second-order valence-electron chi connectivity index (χ2n) is 5.15. The summed E-state index contributed by atoms with van der Waals surface area (Å²) in [4.78, 5) is 11.9. The molecule has 0 spiro atoms. The molecule has 0 aliphatic heterocycles. The van der Waals surface area contributed by atoms with Crippen LogP contribution in [0.15, 0.2) is 22.7 Å². The van der Waals surface area contributed by atoms with E-state index in [2.05, 4.69) is 35.1 Å². The van der Waals surface area contributed by atoms with E-state index in [9.17, 15) is 9.90 Å². The van der Waals surface area contributed by atoms with Crippen LogP contribution in [0.3, 0.4) is 0 Å². The lowest BCUT2D eigenvalue weighted by atomic mass is 9.94. The number of carbonyl (C=O) groups excluding carboxylic acids is 1. The molecule has 1 aromatic carbocycles. The minimum atomic E-state index is -0.121. The molecule has 0 aromatic heterocycles. The van der Waals surface area contributed by atoms with Crippen LogP contribution >= 0.6 is 15.9 Å². The van der Waals surface area contributed by atoms with Gasteiger partial charge in [0.05, 0.1) is 5.69 Å². The first-order valence-electron chi connectivity index (χ1n) is 6.40. The second kappa shape index (κ2) is 7.50. The first kappa shape index (κ1) is 16.0. The van der Waals surface area contributed by atoms with Gasteiger partial charge in [0.2, 0.25) is 5.91 Å². The molecule has 0 bridgehead atoms. The Morgan fingerprint density at radius 1 is 1.47 bits per heavy atom. The Morgan fingerprint density at radius 2 is 2.16 bits per heavy atom. The van der Waals surface area contributed by atoms with Crippen molar-refractivity contribution >= 4 is 27.5 Å². The lowest BCUT2D eigenvalue weighted by molar-refractivity contribution is -0.117. The number of amides is 1. The van der Waals surface area contributed by atoms with Crippen molar-refractivity contribution in [2.45, 2.75) is 26.7 Å². The number of aromatic hydroxyl groups is 1. The van der Waals surface area contributed by atoms with Crippen LogP contribution in [-0.2, 0) is 4.79 Å². The van der Waals surface area contributed by atoms with Crippen LogP contribution in [-0.4, -0.2) is 17.6 Å². The van der Waals surface area contributed by atoms with Gasteiger partial charge in [-0.3, -0.25) is 4.79 Å². The number of rotatable bonds is 6. The number of nitrogens with two attached hydrogens (primary N) is 1. The fourth-order valence-electron chi connectivity index (χ4n) is 2.00. The van der Waals surface area contributed by atoms with E-state index in [1.165, 1.54) is 6.07 Å². The van der Waals surface area contributed by atoms with Gasteiger partial charge in [0.15, 0.2) is 0 Å². The molecule has 106 valence electrons. The Labute approximate surface area is 122 Å². The van der Waals surface area contributed by atoms with Gasteiger partial charge in [-0.2, -0.15) is 0 Å². The van der Waals surface area contributed by atoms with E-state index in [1.54, 1.807) is 12.1 Å². The van der Waals surface area contributed by atoms with Gasteiger partial charge in [0.25, 0.3) is 0 Å². The van der Waals surface area contributed by atoms with Crippen molar-refractivity contribution in [1.29, 1.82) is 0 Å². The van der Waals surface area contributed by atoms with Gasteiger partial charge >= 0.3 is 0 Å². The van der Waals surface area contributed by atoms with Crippen molar-refractivity contribution in [3.8, 4) is 5.75 Å². The molecule has 1 atom stereocenters. The van der Waals surface area contributed by atoms with Crippen molar-refractivity contribution in [2.75, 3.05) is 11.9 Å². The Hall–Kier alpha value is -1.07. The van der Waals surface area contributed by atoms with Crippen molar-refractivity contribution in [3.63, 3.8) is 0 Å². The number of nitrogens with one attached hydrogen (secondary N) is 1. The van der Waals surface area contributed by atoms with E-state index >= 15 is 0 Å². The predicted octanol–water partition coefficient (Wildman–Crippen LogP) is 3.10. The molecule has 19 heavy (non-hydrogen) atoms. The molecule has 4 nitrogen and oxygen atoms in total. The SMILES string of the molecule is CC(C)CC(CN)CC(=O)Nc1cc(Br)ccc1O. The average Bonchev–Trinajstić information content (AvgIpc) is 2.32. The zero-order valence-corrected chi connectivity index (χ0v) is 12.9. The highest BCUT2D eigenvalue weighted by molar-refractivity contribution is 9.10. The largest absolute Gasteiger partial charge is 0.506 e. The Morgan fingerprint density at radius 3 is 2.74 bits per heavy atom. The van der Waals surface area contributed by atoms with E-state index in [0.717, 1.165) is 10.9 Å². The van der Waals surface area contributed by atoms with Crippen LogP contribution in [0.25, 0.3) is 0 Å². The third-order valence-electron chi connectivity index (χ3n) is 2.84. The number of carbonyl (C=O) groups is 1. The lowest BCUT2D eigenvalue weighted by Crippen LogP contribution is -2.23. The molecule has 0 saturated heterocycles. The summed E-state index contributed by atoms with van der Waals surface area (Å²) in [6.07, 6.45) is 1.30. The maximum absolute atomic E-state index is 11.9. The van der Waals surface area contributed by atoms with Gasteiger partial charge in [-0.15, -0.1) is 0 Å². The molecule has 0 radical (unpaired) electrons. The number of halogens is 1. The van der Waals surface area contributed by atoms with Crippen LogP contribution in [0.2, 0.25) is 0 Å². The minimum Gasteiger partial charge on any atom is -0.506 e. The summed E-state index contributed by atoms with van der Waals surface area (Å²) >= 11 is 3.30. The third-order valence-corrected chi connectivity index (χ3v) is 3.34. The molecule has 0 heterocycles. The maximum atomic E-state index is 11.9. The van der Waals surface area contributed by atoms with E-state index < -0.39 is 0 Å². The van der Waals surface area contributed by atoms with E-state index in [4.69, 9.17) is 5.73 Å². The molecular weight excluding hydrogens is 308 g/mol. The van der Waals surface area contributed by atoms with Crippen LogP contribution < -0.4 is 11.1 Å². The van der Waals surface area contributed by atoms with Crippen molar-refractivity contribution in [1.82, 2.24) is 0 Å². The van der Waals surface area contributed by atoms with Crippen LogP contribution in [0.1, 0.15) is 26.7 Å². The Balaban J connectivity index is 2.61. The second-order valence-corrected chi connectivity index (χ2v) is 6.06. The van der Waals surface area contributed by atoms with Crippen molar-refractivity contribution < 1.29 is 9.90 Å². The van der Waals surface area contributed by atoms with Gasteiger partial charge in [0, 0.05) is 10.9 Å². The topological polar surface area (TPSA) is 75.4 Å². The molecule has 4 N–H and O–H groups in total. The number of benzene rings is 1. The van der Waals surface area contributed by atoms with Crippen LogP contribution in [0.4, 0.5) is 5.69 Å². The summed E-state index contributed by atoms with van der Waals surface area (Å²) in [7, 11) is 0. The van der Waals surface area contributed by atoms with Gasteiger partial charge in [-0.05, 0) is 43.0 Å². The quantitative estimate of drug-likeness (QED) is 0.702. The number of phenolic OH excluding ortho intramolecular Hbond substituents is 1. The van der Waals surface area contributed by atoms with E-state index in [1.807, 2.05) is 0 Å². The first-order valence-corrected chi connectivity index (χ1v) is 7.20. The zero-order chi connectivity index (χ0) is 14.4. The van der Waals surface area contributed by atoms with Gasteiger partial charge in [0.1, 0.15) is 5.75 Å². The van der Waals surface area contributed by atoms with Crippen molar-refractivity contribution in [3.05, 3.63) is 22.7 Å². The summed E-state index contributed by atoms with van der Waals surface area (Å²) in [6, 6.07) is 4.92. The van der Waals surface area contributed by atoms with Gasteiger partial charge in [-0.25, -0.2) is 0 Å². The minimum absolute atomic E-state index is 0.0599. The van der Waals surface area contributed by atoms with Gasteiger partial charge < -0.3 is 16.2 Å². The number of hydrogen-bond acceptors (Lipinski definition) is 3. The summed E-state index contributed by atoms with van der Waals surface area (Å²) in [5.74, 6) is 0.629. The molecule has 0 fully saturated rings. The molecule has 5 heteroatoms. The zero-order valence-electron chi connectivity index (χ0n) is 11.3. The molecule has 0 aliphatic carbocycles. The Kier molecular flexibility index (Phi) is 6.31. The summed E-state index contributed by atoms with van der Waals surface area (Å²) in [5.41, 5.74) is 6.10. The number of phenols is 1. The number of anilines is 1. The monoisotopic (exact) mass is 328 g/mol. The highest BCUT2D eigenvalue weighted by Gasteiger charge is 2.15. The molecule has 0 aliphatic rings. The Bertz CT molecular complexity index is 435.